The van der Waals surface area contributed by atoms with Gasteiger partial charge in [-0.15, -0.1) is 22.7 Å². The summed E-state index contributed by atoms with van der Waals surface area (Å²) in [5.74, 6) is 0. The lowest BCUT2D eigenvalue weighted by Crippen LogP contribution is -1.72. The van der Waals surface area contributed by atoms with Gasteiger partial charge in [0.1, 0.15) is 0 Å². The van der Waals surface area contributed by atoms with Crippen LogP contribution in [0, 0.1) is 0 Å². The van der Waals surface area contributed by atoms with E-state index in [9.17, 15) is 0 Å². The highest BCUT2D eigenvalue weighted by atomic mass is 35.5. The minimum Gasteiger partial charge on any atom is -0.224 e. The van der Waals surface area contributed by atoms with E-state index in [-0.39, 0.29) is 0 Å². The summed E-state index contributed by atoms with van der Waals surface area (Å²) in [6.45, 7) is 0. The van der Waals surface area contributed by atoms with Crippen molar-refractivity contribution in [2.75, 3.05) is 0 Å². The summed E-state index contributed by atoms with van der Waals surface area (Å²) in [5.41, 5.74) is 0.960. The summed E-state index contributed by atoms with van der Waals surface area (Å²) in [5, 5.41) is 2.99. The fourth-order valence-corrected chi connectivity index (χ4v) is 4.72. The molecular weight excluding hydrogens is 305 g/mol. The highest BCUT2D eigenvalue weighted by molar-refractivity contribution is 7.26. The summed E-state index contributed by atoms with van der Waals surface area (Å²) in [7, 11) is 0. The molecule has 0 unspecified atom stereocenters. The highest BCUT2D eigenvalue weighted by Crippen LogP contribution is 2.42. The molecule has 0 radical (unpaired) electrons. The zero-order chi connectivity index (χ0) is 12.3. The molecule has 0 aliphatic carbocycles. The second kappa shape index (κ2) is 3.81. The highest BCUT2D eigenvalue weighted by Gasteiger charge is 2.13. The van der Waals surface area contributed by atoms with Crippen LogP contribution in [0.25, 0.3) is 30.4 Å². The average molecular weight is 310 g/mol. The fraction of sp³-hybridized carbons (Fsp3) is 0. The van der Waals surface area contributed by atoms with Gasteiger partial charge >= 0.3 is 0 Å². The summed E-state index contributed by atoms with van der Waals surface area (Å²) < 4.78 is 4.07. The Morgan fingerprint density at radius 1 is 0.833 bits per heavy atom. The lowest BCUT2D eigenvalue weighted by Gasteiger charge is -1.95. The van der Waals surface area contributed by atoms with Crippen molar-refractivity contribution in [3.63, 3.8) is 0 Å². The minimum absolute atomic E-state index is 0.573. The largest absolute Gasteiger partial charge is 0.224 e. The molecule has 2 heterocycles. The van der Waals surface area contributed by atoms with Crippen LogP contribution in [0.5, 0.6) is 0 Å². The van der Waals surface area contributed by atoms with Crippen molar-refractivity contribution in [1.29, 1.82) is 0 Å². The molecule has 4 aromatic rings. The molecule has 2 aromatic heterocycles. The van der Waals surface area contributed by atoms with Gasteiger partial charge in [-0.1, -0.05) is 29.3 Å². The topological polar surface area (TPSA) is 12.9 Å². The monoisotopic (exact) mass is 309 g/mol. The van der Waals surface area contributed by atoms with Crippen LogP contribution < -0.4 is 0 Å². The van der Waals surface area contributed by atoms with E-state index in [4.69, 9.17) is 23.2 Å². The van der Waals surface area contributed by atoms with Gasteiger partial charge in [0.25, 0.3) is 0 Å². The van der Waals surface area contributed by atoms with Crippen LogP contribution in [0.3, 0.4) is 0 Å². The second-order valence-corrected chi connectivity index (χ2v) is 7.07. The summed E-state index contributed by atoms with van der Waals surface area (Å²) >= 11 is 15.6. The van der Waals surface area contributed by atoms with Crippen LogP contribution >= 0.6 is 45.9 Å². The lowest BCUT2D eigenvalue weighted by molar-refractivity contribution is 1.52. The molecule has 0 amide bonds. The molecule has 0 spiro atoms. The van der Waals surface area contributed by atoms with Crippen LogP contribution in [0.15, 0.2) is 30.3 Å². The normalized spacial score (nSPS) is 11.9. The predicted molar refractivity (Wildman–Crippen MR) is 82.5 cm³/mol. The molecule has 0 saturated carbocycles. The van der Waals surface area contributed by atoms with Crippen LogP contribution in [0.4, 0.5) is 0 Å². The van der Waals surface area contributed by atoms with Crippen molar-refractivity contribution in [2.24, 2.45) is 0 Å². The predicted octanol–water partition coefficient (Wildman–Crippen LogP) is 5.97. The number of rotatable bonds is 0. The first-order chi connectivity index (χ1) is 8.74. The van der Waals surface area contributed by atoms with Gasteiger partial charge in [0.05, 0.1) is 10.2 Å². The third-order valence-corrected chi connectivity index (χ3v) is 5.50. The molecule has 5 heteroatoms. The molecule has 4 rings (SSSR count). The Kier molecular flexibility index (Phi) is 2.33. The molecule has 0 bridgehead atoms. The van der Waals surface area contributed by atoms with Gasteiger partial charge in [-0.2, -0.15) is 0 Å². The van der Waals surface area contributed by atoms with Crippen molar-refractivity contribution < 1.29 is 0 Å². The number of halogens is 2. The van der Waals surface area contributed by atoms with E-state index >= 15 is 0 Å². The molecule has 0 aliphatic rings. The maximum atomic E-state index is 6.33. The van der Waals surface area contributed by atoms with Crippen LogP contribution in [-0.4, -0.2) is 4.98 Å². The maximum Gasteiger partial charge on any atom is 0.184 e. The lowest BCUT2D eigenvalue weighted by atomic mass is 10.1. The first-order valence-electron chi connectivity index (χ1n) is 5.30. The Hall–Kier alpha value is -0.870. The number of fused-ring (bicyclic) bond motifs is 5. The summed E-state index contributed by atoms with van der Waals surface area (Å²) in [4.78, 5) is 4.44. The molecular formula is C13H5Cl2NS2. The zero-order valence-electron chi connectivity index (χ0n) is 8.91. The van der Waals surface area contributed by atoms with Crippen molar-refractivity contribution in [3.8, 4) is 0 Å². The fourth-order valence-electron chi connectivity index (χ4n) is 2.23. The Labute approximate surface area is 121 Å². The standard InChI is InChI=1S/C13H5Cl2NS2/c14-6-2-1-3-7-10(6)11-8(17-7)4-5-9-12(11)16-13(15)18-9/h1-5H. The molecule has 0 N–H and O–H groups in total. The number of aromatic nitrogens is 1. The average Bonchev–Trinajstić information content (AvgIpc) is 2.88. The first-order valence-corrected chi connectivity index (χ1v) is 7.69. The molecule has 0 aliphatic heterocycles. The van der Waals surface area contributed by atoms with Crippen molar-refractivity contribution in [3.05, 3.63) is 39.8 Å². The number of hydrogen-bond acceptors (Lipinski definition) is 3. The van der Waals surface area contributed by atoms with E-state index in [0.717, 1.165) is 26.0 Å². The molecule has 1 nitrogen and oxygen atoms in total. The van der Waals surface area contributed by atoms with Crippen molar-refractivity contribution in [1.82, 2.24) is 4.98 Å². The number of benzene rings is 2. The Bertz CT molecular complexity index is 907. The van der Waals surface area contributed by atoms with E-state index in [1.807, 2.05) is 12.1 Å². The van der Waals surface area contributed by atoms with E-state index < -0.39 is 0 Å². The number of thiophene rings is 1. The SMILES string of the molecule is Clc1nc2c(ccc3sc4cccc(Cl)c4c32)s1. The number of nitrogens with zero attached hydrogens (tertiary/aromatic N) is 1. The zero-order valence-corrected chi connectivity index (χ0v) is 12.1. The molecule has 2 aromatic carbocycles. The number of hydrogen-bond donors (Lipinski definition) is 0. The third-order valence-electron chi connectivity index (χ3n) is 2.94. The van der Waals surface area contributed by atoms with E-state index in [1.54, 1.807) is 11.3 Å². The van der Waals surface area contributed by atoms with Gasteiger partial charge in [-0.25, -0.2) is 4.98 Å². The Morgan fingerprint density at radius 2 is 1.61 bits per heavy atom. The van der Waals surface area contributed by atoms with Gasteiger partial charge in [0.15, 0.2) is 4.47 Å². The van der Waals surface area contributed by atoms with Crippen molar-refractivity contribution >= 4 is 76.3 Å². The van der Waals surface area contributed by atoms with Gasteiger partial charge in [0.2, 0.25) is 0 Å². The molecule has 18 heavy (non-hydrogen) atoms. The van der Waals surface area contributed by atoms with Gasteiger partial charge < -0.3 is 0 Å². The number of thiazole rings is 1. The van der Waals surface area contributed by atoms with Gasteiger partial charge in [0, 0.05) is 25.2 Å². The summed E-state index contributed by atoms with van der Waals surface area (Å²) in [6, 6.07) is 10.2. The van der Waals surface area contributed by atoms with Crippen LogP contribution in [0.1, 0.15) is 0 Å². The molecule has 0 fully saturated rings. The minimum atomic E-state index is 0.573. The molecule has 88 valence electrons. The summed E-state index contributed by atoms with van der Waals surface area (Å²) in [6.07, 6.45) is 0. The third kappa shape index (κ3) is 1.42. The second-order valence-electron chi connectivity index (χ2n) is 3.97. The quantitative estimate of drug-likeness (QED) is 0.390. The van der Waals surface area contributed by atoms with Crippen LogP contribution in [0.2, 0.25) is 9.49 Å². The molecule has 0 atom stereocenters. The van der Waals surface area contributed by atoms with Gasteiger partial charge in [-0.3, -0.25) is 0 Å². The van der Waals surface area contributed by atoms with E-state index in [2.05, 4.69) is 23.2 Å². The molecule has 0 saturated heterocycles. The Morgan fingerprint density at radius 3 is 2.50 bits per heavy atom. The first kappa shape index (κ1) is 11.0. The Balaban J connectivity index is 2.38. The van der Waals surface area contributed by atoms with Crippen molar-refractivity contribution in [2.45, 2.75) is 0 Å². The van der Waals surface area contributed by atoms with Gasteiger partial charge in [-0.05, 0) is 24.3 Å². The van der Waals surface area contributed by atoms with Crippen LogP contribution in [-0.2, 0) is 0 Å². The smallest absolute Gasteiger partial charge is 0.184 e. The van der Waals surface area contributed by atoms with E-state index in [0.29, 0.717) is 4.47 Å². The van der Waals surface area contributed by atoms with E-state index in [1.165, 1.54) is 20.7 Å². The maximum absolute atomic E-state index is 6.33.